The number of nitrogens with zero attached hydrogens (tertiary/aromatic N) is 3. The topological polar surface area (TPSA) is 48.3 Å². The minimum absolute atomic E-state index is 0.158. The number of hydrazone groups is 1. The Morgan fingerprint density at radius 2 is 1.76 bits per heavy atom. The third-order valence-corrected chi connectivity index (χ3v) is 7.48. The van der Waals surface area contributed by atoms with E-state index in [1.807, 2.05) is 37.0 Å². The van der Waals surface area contributed by atoms with Crippen LogP contribution in [0.25, 0.3) is 0 Å². The van der Waals surface area contributed by atoms with Crippen molar-refractivity contribution >= 4 is 18.0 Å². The minimum atomic E-state index is 0.158. The summed E-state index contributed by atoms with van der Waals surface area (Å²) in [6.07, 6.45) is 2.89. The molecule has 170 valence electrons. The Balaban J connectivity index is 1.28. The molecule has 2 aliphatic rings. The molecule has 0 saturated carbocycles. The SMILES string of the molecule is CCOc1cc(/C=N/N2CCN(C3Cc4ccccc4Sc4ccccc43)CC2)ccc1O. The van der Waals surface area contributed by atoms with Crippen LogP contribution in [0.4, 0.5) is 0 Å². The van der Waals surface area contributed by atoms with E-state index in [-0.39, 0.29) is 5.75 Å². The summed E-state index contributed by atoms with van der Waals surface area (Å²) in [5, 5.41) is 16.7. The van der Waals surface area contributed by atoms with Gasteiger partial charge in [-0.15, -0.1) is 0 Å². The van der Waals surface area contributed by atoms with Crippen LogP contribution in [0.5, 0.6) is 11.5 Å². The molecule has 5 rings (SSSR count). The third-order valence-electron chi connectivity index (χ3n) is 6.27. The molecule has 0 spiro atoms. The number of hydrogen-bond acceptors (Lipinski definition) is 6. The summed E-state index contributed by atoms with van der Waals surface area (Å²) in [5.74, 6) is 0.655. The van der Waals surface area contributed by atoms with Crippen molar-refractivity contribution in [2.45, 2.75) is 29.2 Å². The van der Waals surface area contributed by atoms with Gasteiger partial charge in [0, 0.05) is 42.0 Å². The van der Waals surface area contributed by atoms with Gasteiger partial charge in [-0.1, -0.05) is 48.2 Å². The molecule has 1 fully saturated rings. The fourth-order valence-electron chi connectivity index (χ4n) is 4.55. The minimum Gasteiger partial charge on any atom is -0.504 e. The van der Waals surface area contributed by atoms with E-state index in [1.54, 1.807) is 6.07 Å². The van der Waals surface area contributed by atoms with Crippen molar-refractivity contribution in [2.75, 3.05) is 32.8 Å². The van der Waals surface area contributed by atoms with Crippen LogP contribution in [0.15, 0.2) is 81.6 Å². The third kappa shape index (κ3) is 4.87. The number of piperazine rings is 1. The van der Waals surface area contributed by atoms with Crippen LogP contribution in [-0.2, 0) is 6.42 Å². The van der Waals surface area contributed by atoms with Crippen LogP contribution in [0.2, 0.25) is 0 Å². The molecule has 0 radical (unpaired) electrons. The first-order valence-electron chi connectivity index (χ1n) is 11.5. The smallest absolute Gasteiger partial charge is 0.161 e. The van der Waals surface area contributed by atoms with E-state index in [0.717, 1.165) is 38.2 Å². The molecular weight excluding hydrogens is 430 g/mol. The average Bonchev–Trinajstić information content (AvgIpc) is 3.02. The van der Waals surface area contributed by atoms with Gasteiger partial charge in [0.1, 0.15) is 0 Å². The molecule has 1 saturated heterocycles. The molecule has 0 bridgehead atoms. The first-order chi connectivity index (χ1) is 16.2. The van der Waals surface area contributed by atoms with Gasteiger partial charge in [0.2, 0.25) is 0 Å². The first kappa shape index (κ1) is 21.9. The molecule has 33 heavy (non-hydrogen) atoms. The van der Waals surface area contributed by atoms with Gasteiger partial charge in [0.05, 0.1) is 12.8 Å². The van der Waals surface area contributed by atoms with Crippen LogP contribution < -0.4 is 4.74 Å². The molecule has 1 N–H and O–H groups in total. The van der Waals surface area contributed by atoms with E-state index >= 15 is 0 Å². The molecule has 5 nitrogen and oxygen atoms in total. The monoisotopic (exact) mass is 459 g/mol. The summed E-state index contributed by atoms with van der Waals surface area (Å²) in [6, 6.07) is 23.4. The van der Waals surface area contributed by atoms with Gasteiger partial charge in [0.25, 0.3) is 0 Å². The second-order valence-corrected chi connectivity index (χ2v) is 9.45. The number of phenols is 1. The van der Waals surface area contributed by atoms with E-state index < -0.39 is 0 Å². The number of aromatic hydroxyl groups is 1. The Morgan fingerprint density at radius 1 is 1.00 bits per heavy atom. The van der Waals surface area contributed by atoms with Gasteiger partial charge in [0.15, 0.2) is 11.5 Å². The van der Waals surface area contributed by atoms with Gasteiger partial charge in [-0.05, 0) is 60.4 Å². The lowest BCUT2D eigenvalue weighted by Crippen LogP contribution is -2.46. The number of fused-ring (bicyclic) bond motifs is 2. The van der Waals surface area contributed by atoms with Crippen molar-refractivity contribution in [3.8, 4) is 11.5 Å². The van der Waals surface area contributed by atoms with E-state index in [0.29, 0.717) is 18.4 Å². The molecule has 2 heterocycles. The van der Waals surface area contributed by atoms with E-state index in [9.17, 15) is 5.11 Å². The lowest BCUT2D eigenvalue weighted by atomic mass is 9.97. The van der Waals surface area contributed by atoms with Gasteiger partial charge < -0.3 is 9.84 Å². The Labute approximate surface area is 199 Å². The first-order valence-corrected chi connectivity index (χ1v) is 12.4. The highest BCUT2D eigenvalue weighted by atomic mass is 32.2. The van der Waals surface area contributed by atoms with Crippen LogP contribution in [0.1, 0.15) is 29.7 Å². The summed E-state index contributed by atoms with van der Waals surface area (Å²) in [5.41, 5.74) is 3.79. The zero-order chi connectivity index (χ0) is 22.6. The summed E-state index contributed by atoms with van der Waals surface area (Å²) < 4.78 is 5.48. The normalized spacial score (nSPS) is 18.6. The van der Waals surface area contributed by atoms with Gasteiger partial charge in [-0.25, -0.2) is 0 Å². The number of phenolic OH excluding ortho intramolecular Hbond substituents is 1. The number of ether oxygens (including phenoxy) is 1. The zero-order valence-electron chi connectivity index (χ0n) is 18.9. The van der Waals surface area contributed by atoms with E-state index in [2.05, 4.69) is 58.4 Å². The summed E-state index contributed by atoms with van der Waals surface area (Å²) >= 11 is 1.89. The second-order valence-electron chi connectivity index (χ2n) is 8.36. The summed E-state index contributed by atoms with van der Waals surface area (Å²) in [6.45, 7) is 6.15. The molecule has 0 aromatic heterocycles. The summed E-state index contributed by atoms with van der Waals surface area (Å²) in [4.78, 5) is 5.35. The summed E-state index contributed by atoms with van der Waals surface area (Å²) in [7, 11) is 0. The predicted octanol–water partition coefficient (Wildman–Crippen LogP) is 5.19. The number of hydrogen-bond donors (Lipinski definition) is 1. The maximum Gasteiger partial charge on any atom is 0.161 e. The van der Waals surface area contributed by atoms with Crippen molar-refractivity contribution in [3.05, 3.63) is 83.4 Å². The molecule has 0 aliphatic carbocycles. The van der Waals surface area contributed by atoms with E-state index in [1.165, 1.54) is 20.9 Å². The standard InChI is InChI=1S/C27H29N3O2S/c1-2-32-25-17-20(11-12-24(25)31)19-28-30-15-13-29(14-16-30)23-18-21-7-3-5-9-26(21)33-27-10-6-4-8-22(23)27/h3-12,17,19,23,31H,2,13-16,18H2,1H3/b28-19+. The zero-order valence-corrected chi connectivity index (χ0v) is 19.7. The van der Waals surface area contributed by atoms with Gasteiger partial charge in [-0.2, -0.15) is 5.10 Å². The molecule has 1 unspecified atom stereocenters. The molecular formula is C27H29N3O2S. The Hall–Kier alpha value is -2.96. The van der Waals surface area contributed by atoms with Crippen molar-refractivity contribution in [1.82, 2.24) is 9.91 Å². The Morgan fingerprint density at radius 3 is 2.58 bits per heavy atom. The molecule has 0 amide bonds. The van der Waals surface area contributed by atoms with Crippen LogP contribution >= 0.6 is 11.8 Å². The molecule has 3 aromatic rings. The fraction of sp³-hybridized carbons (Fsp3) is 0.296. The highest BCUT2D eigenvalue weighted by Crippen LogP contribution is 2.42. The fourth-order valence-corrected chi connectivity index (χ4v) is 5.69. The van der Waals surface area contributed by atoms with Crippen LogP contribution in [0, 0.1) is 0 Å². The van der Waals surface area contributed by atoms with Crippen LogP contribution in [-0.4, -0.2) is 54.0 Å². The molecule has 6 heteroatoms. The van der Waals surface area contributed by atoms with Crippen LogP contribution in [0.3, 0.4) is 0 Å². The largest absolute Gasteiger partial charge is 0.504 e. The molecule has 2 aliphatic heterocycles. The highest BCUT2D eigenvalue weighted by molar-refractivity contribution is 7.99. The van der Waals surface area contributed by atoms with Crippen molar-refractivity contribution in [1.29, 1.82) is 0 Å². The lowest BCUT2D eigenvalue weighted by Gasteiger charge is -2.38. The van der Waals surface area contributed by atoms with Crippen molar-refractivity contribution < 1.29 is 9.84 Å². The van der Waals surface area contributed by atoms with Crippen molar-refractivity contribution in [3.63, 3.8) is 0 Å². The average molecular weight is 460 g/mol. The van der Waals surface area contributed by atoms with Gasteiger partial charge in [-0.3, -0.25) is 9.91 Å². The highest BCUT2D eigenvalue weighted by Gasteiger charge is 2.29. The second kappa shape index (κ2) is 9.89. The van der Waals surface area contributed by atoms with Gasteiger partial charge >= 0.3 is 0 Å². The maximum absolute atomic E-state index is 9.90. The van der Waals surface area contributed by atoms with Crippen molar-refractivity contribution in [2.24, 2.45) is 5.10 Å². The maximum atomic E-state index is 9.90. The number of rotatable bonds is 5. The van der Waals surface area contributed by atoms with E-state index in [4.69, 9.17) is 9.84 Å². The Kier molecular flexibility index (Phi) is 6.55. The Bertz CT molecular complexity index is 1140. The molecule has 3 aromatic carbocycles. The molecule has 1 atom stereocenters. The quantitative estimate of drug-likeness (QED) is 0.532. The predicted molar refractivity (Wildman–Crippen MR) is 133 cm³/mol. The lowest BCUT2D eigenvalue weighted by molar-refractivity contribution is 0.0970. The number of benzene rings is 3.